The molecule has 1 fully saturated rings. The standard InChI is InChI=1S/C17H26N4O/c1-13(2)20-10-5-8-15(20)17-19-14-7-4-9-18-16(14)21(17)11-6-12-22-3/h4,7,9,13,15H,5-6,8,10-12H2,1-3H3. The Hall–Kier alpha value is -1.46. The number of rotatable bonds is 6. The molecule has 0 aliphatic carbocycles. The van der Waals surface area contributed by atoms with Crippen LogP contribution in [0, 0.1) is 0 Å². The van der Waals surface area contributed by atoms with Gasteiger partial charge < -0.3 is 9.30 Å². The highest BCUT2D eigenvalue weighted by Gasteiger charge is 2.32. The topological polar surface area (TPSA) is 43.2 Å². The minimum atomic E-state index is 0.414. The van der Waals surface area contributed by atoms with Crippen molar-refractivity contribution in [1.29, 1.82) is 0 Å². The number of imidazole rings is 1. The average Bonchev–Trinajstić information content (AvgIpc) is 3.12. The van der Waals surface area contributed by atoms with Crippen molar-refractivity contribution in [3.05, 3.63) is 24.2 Å². The first-order valence-electron chi connectivity index (χ1n) is 8.28. The fourth-order valence-electron chi connectivity index (χ4n) is 3.50. The Morgan fingerprint density at radius 1 is 1.41 bits per heavy atom. The Kier molecular flexibility index (Phi) is 4.74. The molecule has 1 aliphatic rings. The normalized spacial score (nSPS) is 19.5. The van der Waals surface area contributed by atoms with E-state index in [2.05, 4.69) is 34.4 Å². The van der Waals surface area contributed by atoms with Crippen LogP contribution < -0.4 is 0 Å². The van der Waals surface area contributed by atoms with E-state index in [1.807, 2.05) is 12.3 Å². The van der Waals surface area contributed by atoms with Gasteiger partial charge in [-0.25, -0.2) is 9.97 Å². The molecular weight excluding hydrogens is 276 g/mol. The predicted molar refractivity (Wildman–Crippen MR) is 87.8 cm³/mol. The zero-order chi connectivity index (χ0) is 15.5. The molecule has 0 amide bonds. The second-order valence-corrected chi connectivity index (χ2v) is 6.30. The van der Waals surface area contributed by atoms with Crippen LogP contribution >= 0.6 is 0 Å². The van der Waals surface area contributed by atoms with E-state index >= 15 is 0 Å². The summed E-state index contributed by atoms with van der Waals surface area (Å²) in [6.45, 7) is 7.39. The maximum Gasteiger partial charge on any atom is 0.160 e. The molecular formula is C17H26N4O. The molecule has 1 aliphatic heterocycles. The number of methoxy groups -OCH3 is 1. The Balaban J connectivity index is 1.98. The predicted octanol–water partition coefficient (Wildman–Crippen LogP) is 3.01. The number of aromatic nitrogens is 3. The van der Waals surface area contributed by atoms with Gasteiger partial charge in [0.1, 0.15) is 11.3 Å². The van der Waals surface area contributed by atoms with E-state index in [0.717, 1.165) is 37.3 Å². The average molecular weight is 302 g/mol. The molecule has 1 saturated heterocycles. The van der Waals surface area contributed by atoms with Crippen LogP contribution in [0.5, 0.6) is 0 Å². The van der Waals surface area contributed by atoms with Crippen molar-refractivity contribution >= 4 is 11.2 Å². The number of aryl methyl sites for hydroxylation is 1. The van der Waals surface area contributed by atoms with Gasteiger partial charge in [-0.2, -0.15) is 0 Å². The van der Waals surface area contributed by atoms with Crippen LogP contribution in [0.1, 0.15) is 45.0 Å². The molecule has 5 nitrogen and oxygen atoms in total. The van der Waals surface area contributed by atoms with E-state index in [9.17, 15) is 0 Å². The molecule has 3 rings (SSSR count). The molecule has 2 aromatic heterocycles. The van der Waals surface area contributed by atoms with E-state index in [4.69, 9.17) is 9.72 Å². The van der Waals surface area contributed by atoms with Crippen LogP contribution in [0.3, 0.4) is 0 Å². The number of pyridine rings is 1. The van der Waals surface area contributed by atoms with Crippen molar-refractivity contribution in [1.82, 2.24) is 19.4 Å². The molecule has 0 saturated carbocycles. The van der Waals surface area contributed by atoms with Crippen LogP contribution in [0.25, 0.3) is 11.2 Å². The van der Waals surface area contributed by atoms with Crippen LogP contribution in [0.15, 0.2) is 18.3 Å². The van der Waals surface area contributed by atoms with Crippen LogP contribution in [-0.2, 0) is 11.3 Å². The summed E-state index contributed by atoms with van der Waals surface area (Å²) in [5, 5.41) is 0. The van der Waals surface area contributed by atoms with Crippen molar-refractivity contribution in [2.75, 3.05) is 20.3 Å². The molecule has 5 heteroatoms. The van der Waals surface area contributed by atoms with E-state index in [1.54, 1.807) is 7.11 Å². The van der Waals surface area contributed by atoms with Gasteiger partial charge in [-0.15, -0.1) is 0 Å². The molecule has 0 spiro atoms. The highest BCUT2D eigenvalue weighted by atomic mass is 16.5. The third-order valence-electron chi connectivity index (χ3n) is 4.52. The highest BCUT2D eigenvalue weighted by Crippen LogP contribution is 2.34. The lowest BCUT2D eigenvalue weighted by Gasteiger charge is -2.28. The fraction of sp³-hybridized carbons (Fsp3) is 0.647. The minimum Gasteiger partial charge on any atom is -0.385 e. The largest absolute Gasteiger partial charge is 0.385 e. The second kappa shape index (κ2) is 6.75. The summed E-state index contributed by atoms with van der Waals surface area (Å²) in [6, 6.07) is 4.99. The minimum absolute atomic E-state index is 0.414. The second-order valence-electron chi connectivity index (χ2n) is 6.30. The monoisotopic (exact) mass is 302 g/mol. The first-order valence-corrected chi connectivity index (χ1v) is 8.28. The summed E-state index contributed by atoms with van der Waals surface area (Å²) < 4.78 is 7.52. The van der Waals surface area contributed by atoms with Gasteiger partial charge in [0.15, 0.2) is 5.65 Å². The van der Waals surface area contributed by atoms with Crippen LogP contribution in [-0.4, -0.2) is 45.7 Å². The van der Waals surface area contributed by atoms with Crippen molar-refractivity contribution in [2.24, 2.45) is 0 Å². The summed E-state index contributed by atoms with van der Waals surface area (Å²) in [4.78, 5) is 12.1. The van der Waals surface area contributed by atoms with Gasteiger partial charge in [0, 0.05) is 32.5 Å². The molecule has 120 valence electrons. The molecule has 0 bridgehead atoms. The van der Waals surface area contributed by atoms with E-state index < -0.39 is 0 Å². The summed E-state index contributed by atoms with van der Waals surface area (Å²) in [5.74, 6) is 1.18. The summed E-state index contributed by atoms with van der Waals surface area (Å²) in [5.41, 5.74) is 2.01. The van der Waals surface area contributed by atoms with Crippen molar-refractivity contribution in [3.8, 4) is 0 Å². The quantitative estimate of drug-likeness (QED) is 0.769. The number of hydrogen-bond donors (Lipinski definition) is 0. The van der Waals surface area contributed by atoms with Gasteiger partial charge in [-0.3, -0.25) is 4.90 Å². The molecule has 22 heavy (non-hydrogen) atoms. The third-order valence-corrected chi connectivity index (χ3v) is 4.52. The smallest absolute Gasteiger partial charge is 0.160 e. The number of hydrogen-bond acceptors (Lipinski definition) is 4. The lowest BCUT2D eigenvalue weighted by atomic mass is 10.2. The number of likely N-dealkylation sites (tertiary alicyclic amines) is 1. The summed E-state index contributed by atoms with van der Waals surface area (Å²) in [6.07, 6.45) is 5.28. The Morgan fingerprint density at radius 2 is 2.27 bits per heavy atom. The zero-order valence-corrected chi connectivity index (χ0v) is 13.8. The summed E-state index contributed by atoms with van der Waals surface area (Å²) in [7, 11) is 1.75. The molecule has 3 heterocycles. The fourth-order valence-corrected chi connectivity index (χ4v) is 3.50. The first kappa shape index (κ1) is 15.4. The molecule has 1 unspecified atom stereocenters. The maximum absolute atomic E-state index is 5.21. The lowest BCUT2D eigenvalue weighted by Crippen LogP contribution is -2.31. The van der Waals surface area contributed by atoms with Crippen molar-refractivity contribution < 1.29 is 4.74 Å². The molecule has 0 aromatic carbocycles. The Labute approximate surface area is 132 Å². The summed E-state index contributed by atoms with van der Waals surface area (Å²) >= 11 is 0. The van der Waals surface area contributed by atoms with E-state index in [-0.39, 0.29) is 0 Å². The Bertz CT molecular complexity index is 622. The van der Waals surface area contributed by atoms with Gasteiger partial charge in [0.05, 0.1) is 6.04 Å². The third kappa shape index (κ3) is 2.88. The lowest BCUT2D eigenvalue weighted by molar-refractivity contribution is 0.183. The zero-order valence-electron chi connectivity index (χ0n) is 13.8. The Morgan fingerprint density at radius 3 is 3.05 bits per heavy atom. The van der Waals surface area contributed by atoms with Crippen LogP contribution in [0.4, 0.5) is 0 Å². The van der Waals surface area contributed by atoms with Crippen LogP contribution in [0.2, 0.25) is 0 Å². The van der Waals surface area contributed by atoms with Crippen molar-refractivity contribution in [2.45, 2.75) is 51.7 Å². The molecule has 2 aromatic rings. The van der Waals surface area contributed by atoms with Gasteiger partial charge >= 0.3 is 0 Å². The number of nitrogens with zero attached hydrogens (tertiary/aromatic N) is 4. The highest BCUT2D eigenvalue weighted by molar-refractivity contribution is 5.71. The van der Waals surface area contributed by atoms with E-state index in [1.165, 1.54) is 18.7 Å². The van der Waals surface area contributed by atoms with Gasteiger partial charge in [-0.05, 0) is 51.8 Å². The van der Waals surface area contributed by atoms with E-state index in [0.29, 0.717) is 12.1 Å². The van der Waals surface area contributed by atoms with Gasteiger partial charge in [0.25, 0.3) is 0 Å². The number of ether oxygens (including phenoxy) is 1. The first-order chi connectivity index (χ1) is 10.7. The SMILES string of the molecule is COCCCn1c(C2CCCN2C(C)C)nc2cccnc21. The van der Waals surface area contributed by atoms with Gasteiger partial charge in [-0.1, -0.05) is 0 Å². The number of fused-ring (bicyclic) bond motifs is 1. The molecule has 0 N–H and O–H groups in total. The molecule has 1 atom stereocenters. The molecule has 0 radical (unpaired) electrons. The maximum atomic E-state index is 5.21. The van der Waals surface area contributed by atoms with Crippen molar-refractivity contribution in [3.63, 3.8) is 0 Å². The van der Waals surface area contributed by atoms with Gasteiger partial charge in [0.2, 0.25) is 0 Å².